The first-order chi connectivity index (χ1) is 11.6. The predicted molar refractivity (Wildman–Crippen MR) is 95.3 cm³/mol. The van der Waals surface area contributed by atoms with Gasteiger partial charge in [0.2, 0.25) is 0 Å². The fraction of sp³-hybridized carbons (Fsp3) is 0.333. The van der Waals surface area contributed by atoms with E-state index in [-0.39, 0.29) is 5.91 Å². The Morgan fingerprint density at radius 3 is 2.33 bits per heavy atom. The second-order valence-corrected chi connectivity index (χ2v) is 5.10. The molecule has 1 N–H and O–H groups in total. The molecule has 0 unspecified atom stereocenters. The molecular weight excluding hydrogens is 306 g/mol. The van der Waals surface area contributed by atoms with Crippen LogP contribution in [-0.2, 0) is 0 Å². The van der Waals surface area contributed by atoms with Crippen LogP contribution >= 0.6 is 0 Å². The number of rotatable bonds is 7. The van der Waals surface area contributed by atoms with Crippen molar-refractivity contribution >= 4 is 17.3 Å². The lowest BCUT2D eigenvalue weighted by Gasteiger charge is -2.20. The molecule has 24 heavy (non-hydrogen) atoms. The molecule has 0 atom stereocenters. The Kier molecular flexibility index (Phi) is 6.01. The molecule has 6 nitrogen and oxygen atoms in total. The average molecular weight is 329 g/mol. The van der Waals surface area contributed by atoms with Crippen LogP contribution in [0.5, 0.6) is 11.5 Å². The Hall–Kier alpha value is -2.76. The maximum Gasteiger partial charge on any atom is 0.274 e. The van der Waals surface area contributed by atoms with E-state index in [0.717, 1.165) is 18.8 Å². The molecule has 0 saturated carbocycles. The number of anilines is 2. The first-order valence-corrected chi connectivity index (χ1v) is 7.87. The normalized spacial score (nSPS) is 10.2. The highest BCUT2D eigenvalue weighted by Gasteiger charge is 2.11. The van der Waals surface area contributed by atoms with Gasteiger partial charge in [0.05, 0.1) is 26.1 Å². The van der Waals surface area contributed by atoms with Gasteiger partial charge < -0.3 is 19.7 Å². The molecule has 0 spiro atoms. The molecule has 0 bridgehead atoms. The lowest BCUT2D eigenvalue weighted by Crippen LogP contribution is -2.22. The van der Waals surface area contributed by atoms with Crippen LogP contribution in [0, 0.1) is 0 Å². The highest BCUT2D eigenvalue weighted by atomic mass is 16.5. The van der Waals surface area contributed by atoms with E-state index in [0.29, 0.717) is 22.9 Å². The van der Waals surface area contributed by atoms with E-state index in [9.17, 15) is 4.79 Å². The summed E-state index contributed by atoms with van der Waals surface area (Å²) in [4.78, 5) is 18.8. The summed E-state index contributed by atoms with van der Waals surface area (Å²) in [7, 11) is 3.12. The number of carbonyl (C=O) groups is 1. The molecule has 0 radical (unpaired) electrons. The predicted octanol–water partition coefficient (Wildman–Crippen LogP) is 3.20. The van der Waals surface area contributed by atoms with Crippen molar-refractivity contribution < 1.29 is 14.3 Å². The summed E-state index contributed by atoms with van der Waals surface area (Å²) >= 11 is 0. The molecule has 0 aliphatic carbocycles. The first-order valence-electron chi connectivity index (χ1n) is 7.87. The number of aromatic nitrogens is 1. The van der Waals surface area contributed by atoms with Gasteiger partial charge in [-0.2, -0.15) is 0 Å². The molecule has 0 saturated heterocycles. The van der Waals surface area contributed by atoms with Crippen molar-refractivity contribution in [2.75, 3.05) is 37.5 Å². The molecule has 0 fully saturated rings. The van der Waals surface area contributed by atoms with E-state index in [2.05, 4.69) is 29.0 Å². The maximum absolute atomic E-state index is 12.3. The number of benzene rings is 1. The smallest absolute Gasteiger partial charge is 0.274 e. The molecule has 1 heterocycles. The van der Waals surface area contributed by atoms with Crippen LogP contribution < -0.4 is 19.7 Å². The van der Waals surface area contributed by atoms with E-state index >= 15 is 0 Å². The third-order valence-corrected chi connectivity index (χ3v) is 3.75. The zero-order valence-electron chi connectivity index (χ0n) is 14.5. The number of hydrogen-bond donors (Lipinski definition) is 1. The zero-order chi connectivity index (χ0) is 17.5. The van der Waals surface area contributed by atoms with Crippen LogP contribution in [-0.4, -0.2) is 38.2 Å². The minimum absolute atomic E-state index is 0.270. The van der Waals surface area contributed by atoms with Crippen LogP contribution in [0.25, 0.3) is 0 Å². The van der Waals surface area contributed by atoms with Gasteiger partial charge >= 0.3 is 0 Å². The minimum Gasteiger partial charge on any atom is -0.493 e. The zero-order valence-corrected chi connectivity index (χ0v) is 14.5. The molecule has 2 aromatic rings. The number of carbonyl (C=O) groups excluding carboxylic acids is 1. The van der Waals surface area contributed by atoms with Crippen LogP contribution in [0.4, 0.5) is 11.4 Å². The van der Waals surface area contributed by atoms with Gasteiger partial charge in [-0.05, 0) is 38.1 Å². The number of pyridine rings is 1. The molecule has 0 aliphatic rings. The van der Waals surface area contributed by atoms with E-state index in [1.807, 2.05) is 6.07 Å². The summed E-state index contributed by atoms with van der Waals surface area (Å²) in [6, 6.07) is 8.84. The lowest BCUT2D eigenvalue weighted by atomic mass is 10.2. The second kappa shape index (κ2) is 8.19. The van der Waals surface area contributed by atoms with Gasteiger partial charge in [-0.1, -0.05) is 0 Å². The first kappa shape index (κ1) is 17.6. The average Bonchev–Trinajstić information content (AvgIpc) is 2.63. The molecule has 1 aromatic carbocycles. The van der Waals surface area contributed by atoms with Gasteiger partial charge in [0.1, 0.15) is 5.69 Å². The number of amides is 1. The van der Waals surface area contributed by atoms with Crippen molar-refractivity contribution in [2.24, 2.45) is 0 Å². The molecular formula is C18H23N3O3. The highest BCUT2D eigenvalue weighted by Crippen LogP contribution is 2.29. The van der Waals surface area contributed by atoms with Crippen LogP contribution in [0.15, 0.2) is 36.5 Å². The number of nitrogens with zero attached hydrogens (tertiary/aromatic N) is 2. The van der Waals surface area contributed by atoms with Crippen molar-refractivity contribution in [1.29, 1.82) is 0 Å². The standard InChI is InChI=1S/C18H23N3O3/c1-5-21(6-2)14-8-9-15(19-12-14)18(22)20-13-7-10-16(23-3)17(11-13)24-4/h7-12H,5-6H2,1-4H3,(H,20,22). The Morgan fingerprint density at radius 2 is 1.79 bits per heavy atom. The largest absolute Gasteiger partial charge is 0.493 e. The SMILES string of the molecule is CCN(CC)c1ccc(C(=O)Nc2ccc(OC)c(OC)c2)nc1. The monoisotopic (exact) mass is 329 g/mol. The number of ether oxygens (including phenoxy) is 2. The summed E-state index contributed by atoms with van der Waals surface area (Å²) in [5, 5.41) is 2.81. The maximum atomic E-state index is 12.3. The molecule has 128 valence electrons. The number of hydrogen-bond acceptors (Lipinski definition) is 5. The van der Waals surface area contributed by atoms with Gasteiger partial charge in [-0.15, -0.1) is 0 Å². The Balaban J connectivity index is 2.12. The number of nitrogens with one attached hydrogen (secondary N) is 1. The number of methoxy groups -OCH3 is 2. The Labute approximate surface area is 142 Å². The fourth-order valence-electron chi connectivity index (χ4n) is 2.41. The minimum atomic E-state index is -0.270. The van der Waals surface area contributed by atoms with Crippen molar-refractivity contribution in [3.05, 3.63) is 42.2 Å². The van der Waals surface area contributed by atoms with Gasteiger partial charge in [0.25, 0.3) is 5.91 Å². The van der Waals surface area contributed by atoms with Gasteiger partial charge in [0.15, 0.2) is 11.5 Å². The van der Waals surface area contributed by atoms with Crippen LogP contribution in [0.2, 0.25) is 0 Å². The van der Waals surface area contributed by atoms with Crippen molar-refractivity contribution in [3.8, 4) is 11.5 Å². The van der Waals surface area contributed by atoms with Gasteiger partial charge in [-0.25, -0.2) is 4.98 Å². The van der Waals surface area contributed by atoms with Crippen molar-refractivity contribution in [3.63, 3.8) is 0 Å². The summed E-state index contributed by atoms with van der Waals surface area (Å²) < 4.78 is 10.4. The summed E-state index contributed by atoms with van der Waals surface area (Å²) in [6.07, 6.45) is 1.72. The third-order valence-electron chi connectivity index (χ3n) is 3.75. The summed E-state index contributed by atoms with van der Waals surface area (Å²) in [6.45, 7) is 5.97. The van der Waals surface area contributed by atoms with Crippen molar-refractivity contribution in [1.82, 2.24) is 4.98 Å². The Bertz CT molecular complexity index is 682. The van der Waals surface area contributed by atoms with E-state index in [1.54, 1.807) is 44.7 Å². The fourth-order valence-corrected chi connectivity index (χ4v) is 2.41. The lowest BCUT2D eigenvalue weighted by molar-refractivity contribution is 0.102. The van der Waals surface area contributed by atoms with E-state index in [4.69, 9.17) is 9.47 Å². The van der Waals surface area contributed by atoms with E-state index in [1.165, 1.54) is 0 Å². The molecule has 2 rings (SSSR count). The Morgan fingerprint density at radius 1 is 1.08 bits per heavy atom. The van der Waals surface area contributed by atoms with Crippen molar-refractivity contribution in [2.45, 2.75) is 13.8 Å². The van der Waals surface area contributed by atoms with Gasteiger partial charge in [-0.3, -0.25) is 4.79 Å². The van der Waals surface area contributed by atoms with Crippen LogP contribution in [0.1, 0.15) is 24.3 Å². The summed E-state index contributed by atoms with van der Waals surface area (Å²) in [5.74, 6) is 0.894. The molecule has 6 heteroatoms. The van der Waals surface area contributed by atoms with E-state index < -0.39 is 0 Å². The summed E-state index contributed by atoms with van der Waals surface area (Å²) in [5.41, 5.74) is 1.98. The second-order valence-electron chi connectivity index (χ2n) is 5.10. The van der Waals surface area contributed by atoms with Crippen LogP contribution in [0.3, 0.4) is 0 Å². The van der Waals surface area contributed by atoms with Gasteiger partial charge in [0, 0.05) is 24.8 Å². The quantitative estimate of drug-likeness (QED) is 0.845. The highest BCUT2D eigenvalue weighted by molar-refractivity contribution is 6.03. The molecule has 0 aliphatic heterocycles. The molecule has 1 aromatic heterocycles. The third kappa shape index (κ3) is 3.95. The topological polar surface area (TPSA) is 63.7 Å². The molecule has 1 amide bonds.